The Morgan fingerprint density at radius 2 is 1.79 bits per heavy atom. The Labute approximate surface area is 118 Å². The molecular weight excluding hydrogens is 260 g/mol. The molecule has 19 heavy (non-hydrogen) atoms. The van der Waals surface area contributed by atoms with Gasteiger partial charge in [0.15, 0.2) is 11.5 Å². The third-order valence-electron chi connectivity index (χ3n) is 3.67. The van der Waals surface area contributed by atoms with E-state index in [1.54, 1.807) is 11.8 Å². The van der Waals surface area contributed by atoms with Crippen LogP contribution in [-0.4, -0.2) is 29.7 Å². The minimum Gasteiger partial charge on any atom is -0.490 e. The second-order valence-corrected chi connectivity index (χ2v) is 6.48. The van der Waals surface area contributed by atoms with Gasteiger partial charge in [0.1, 0.15) is 0 Å². The lowest BCUT2D eigenvalue weighted by molar-refractivity contribution is 0.137. The molecule has 1 aliphatic heterocycles. The summed E-state index contributed by atoms with van der Waals surface area (Å²) < 4.78 is 11.3. The second kappa shape index (κ2) is 6.06. The monoisotopic (exact) mass is 280 g/mol. The van der Waals surface area contributed by atoms with Gasteiger partial charge in [0.05, 0.1) is 19.3 Å². The van der Waals surface area contributed by atoms with Crippen LogP contribution >= 0.6 is 11.8 Å². The first-order valence-corrected chi connectivity index (χ1v) is 7.95. The van der Waals surface area contributed by atoms with E-state index in [0.29, 0.717) is 11.9 Å². The summed E-state index contributed by atoms with van der Waals surface area (Å²) >= 11 is 1.77. The lowest BCUT2D eigenvalue weighted by atomic mass is 9.97. The Morgan fingerprint density at radius 1 is 1.00 bits per heavy atom. The largest absolute Gasteiger partial charge is 0.490 e. The van der Waals surface area contributed by atoms with Crippen LogP contribution in [0.3, 0.4) is 0 Å². The third-order valence-corrected chi connectivity index (χ3v) is 5.05. The number of benzene rings is 1. The Morgan fingerprint density at radius 3 is 2.63 bits per heavy atom. The van der Waals surface area contributed by atoms with E-state index >= 15 is 0 Å². The molecule has 0 radical (unpaired) electrons. The van der Waals surface area contributed by atoms with Crippen molar-refractivity contribution in [3.8, 4) is 11.5 Å². The van der Waals surface area contributed by atoms with Crippen LogP contribution in [0.1, 0.15) is 32.1 Å². The van der Waals surface area contributed by atoms with Gasteiger partial charge in [0.2, 0.25) is 0 Å². The Hall–Kier alpha value is -0.870. The van der Waals surface area contributed by atoms with Gasteiger partial charge in [0.25, 0.3) is 0 Å². The average molecular weight is 280 g/mol. The van der Waals surface area contributed by atoms with Crippen LogP contribution in [0.5, 0.6) is 11.5 Å². The molecule has 0 amide bonds. The summed E-state index contributed by atoms with van der Waals surface area (Å²) in [6, 6.07) is 6.10. The number of thioether (sulfide) groups is 1. The second-order valence-electron chi connectivity index (χ2n) is 5.17. The highest BCUT2D eigenvalue weighted by molar-refractivity contribution is 8.00. The van der Waals surface area contributed by atoms with E-state index in [1.165, 1.54) is 6.42 Å². The Balaban J connectivity index is 1.72. The van der Waals surface area contributed by atoms with Crippen molar-refractivity contribution in [1.29, 1.82) is 0 Å². The number of ether oxygens (including phenoxy) is 2. The fourth-order valence-electron chi connectivity index (χ4n) is 2.61. The Kier molecular flexibility index (Phi) is 4.18. The molecule has 2 aliphatic rings. The van der Waals surface area contributed by atoms with Gasteiger partial charge < -0.3 is 14.6 Å². The van der Waals surface area contributed by atoms with Gasteiger partial charge in [-0.25, -0.2) is 0 Å². The summed E-state index contributed by atoms with van der Waals surface area (Å²) in [5, 5.41) is 10.4. The van der Waals surface area contributed by atoms with E-state index in [2.05, 4.69) is 6.07 Å². The van der Waals surface area contributed by atoms with Gasteiger partial charge in [-0.05, 0) is 31.0 Å². The number of rotatable bonds is 2. The van der Waals surface area contributed by atoms with Crippen LogP contribution in [0.15, 0.2) is 23.1 Å². The van der Waals surface area contributed by atoms with Crippen LogP contribution < -0.4 is 9.47 Å². The van der Waals surface area contributed by atoms with Crippen molar-refractivity contribution in [2.75, 3.05) is 13.2 Å². The van der Waals surface area contributed by atoms with E-state index in [1.807, 2.05) is 12.1 Å². The lowest BCUT2D eigenvalue weighted by Crippen LogP contribution is -2.26. The van der Waals surface area contributed by atoms with E-state index in [-0.39, 0.29) is 6.10 Å². The minimum atomic E-state index is -0.172. The molecule has 1 saturated carbocycles. The first-order valence-electron chi connectivity index (χ1n) is 7.07. The Bertz CT molecular complexity index is 435. The molecule has 3 rings (SSSR count). The smallest absolute Gasteiger partial charge is 0.162 e. The van der Waals surface area contributed by atoms with Crippen molar-refractivity contribution < 1.29 is 14.6 Å². The predicted molar refractivity (Wildman–Crippen MR) is 76.2 cm³/mol. The highest BCUT2D eigenvalue weighted by atomic mass is 32.2. The molecule has 1 aromatic carbocycles. The van der Waals surface area contributed by atoms with Gasteiger partial charge in [0, 0.05) is 16.6 Å². The molecular formula is C15H20O3S. The van der Waals surface area contributed by atoms with Gasteiger partial charge >= 0.3 is 0 Å². The molecule has 0 spiro atoms. The zero-order valence-electron chi connectivity index (χ0n) is 11.0. The molecule has 2 atom stereocenters. The van der Waals surface area contributed by atoms with Gasteiger partial charge in [-0.3, -0.25) is 0 Å². The van der Waals surface area contributed by atoms with Crippen molar-refractivity contribution in [3.05, 3.63) is 18.2 Å². The molecule has 1 heterocycles. The van der Waals surface area contributed by atoms with Gasteiger partial charge in [-0.1, -0.05) is 12.8 Å². The summed E-state index contributed by atoms with van der Waals surface area (Å²) in [4.78, 5) is 1.16. The maximum atomic E-state index is 10.0. The van der Waals surface area contributed by atoms with Crippen LogP contribution in [0, 0.1) is 0 Å². The standard InChI is InChI=1S/C15H20O3S/c16-12-4-1-2-5-15(12)19-11-6-7-13-14(10-11)18-9-3-8-17-13/h6-7,10,12,15-16H,1-5,8-9H2/t12-,15-/m1/s1. The minimum absolute atomic E-state index is 0.172. The summed E-state index contributed by atoms with van der Waals surface area (Å²) in [6.07, 6.45) is 5.16. The molecule has 1 aliphatic carbocycles. The van der Waals surface area contributed by atoms with E-state index in [4.69, 9.17) is 9.47 Å². The van der Waals surface area contributed by atoms with E-state index in [0.717, 1.165) is 48.7 Å². The number of aliphatic hydroxyl groups excluding tert-OH is 1. The van der Waals surface area contributed by atoms with Crippen molar-refractivity contribution in [1.82, 2.24) is 0 Å². The van der Waals surface area contributed by atoms with Crippen LogP contribution in [0.2, 0.25) is 0 Å². The number of hydrogen-bond acceptors (Lipinski definition) is 4. The summed E-state index contributed by atoms with van der Waals surface area (Å²) in [5.74, 6) is 1.68. The predicted octanol–water partition coefficient (Wildman–Crippen LogP) is 3.24. The molecule has 0 saturated heterocycles. The quantitative estimate of drug-likeness (QED) is 0.902. The molecule has 0 bridgehead atoms. The maximum absolute atomic E-state index is 10.0. The molecule has 1 N–H and O–H groups in total. The van der Waals surface area contributed by atoms with E-state index < -0.39 is 0 Å². The molecule has 1 aromatic rings. The first-order chi connectivity index (χ1) is 9.33. The van der Waals surface area contributed by atoms with Crippen molar-refractivity contribution >= 4 is 11.8 Å². The number of aliphatic hydroxyl groups is 1. The zero-order chi connectivity index (χ0) is 13.1. The van der Waals surface area contributed by atoms with Crippen LogP contribution in [0.25, 0.3) is 0 Å². The number of hydrogen-bond donors (Lipinski definition) is 1. The highest BCUT2D eigenvalue weighted by Crippen LogP contribution is 2.38. The van der Waals surface area contributed by atoms with Gasteiger partial charge in [-0.2, -0.15) is 0 Å². The number of fused-ring (bicyclic) bond motifs is 1. The third kappa shape index (κ3) is 3.18. The van der Waals surface area contributed by atoms with Gasteiger partial charge in [-0.15, -0.1) is 11.8 Å². The fourth-order valence-corrected chi connectivity index (χ4v) is 3.86. The van der Waals surface area contributed by atoms with Crippen LogP contribution in [0.4, 0.5) is 0 Å². The topological polar surface area (TPSA) is 38.7 Å². The lowest BCUT2D eigenvalue weighted by Gasteiger charge is -2.27. The normalized spacial score (nSPS) is 26.8. The molecule has 0 unspecified atom stereocenters. The molecule has 4 heteroatoms. The van der Waals surface area contributed by atoms with Crippen molar-refractivity contribution in [3.63, 3.8) is 0 Å². The van der Waals surface area contributed by atoms with Crippen LogP contribution in [-0.2, 0) is 0 Å². The first kappa shape index (κ1) is 13.1. The zero-order valence-corrected chi connectivity index (χ0v) is 11.8. The molecule has 1 fully saturated rings. The maximum Gasteiger partial charge on any atom is 0.162 e. The van der Waals surface area contributed by atoms with E-state index in [9.17, 15) is 5.11 Å². The molecule has 0 aromatic heterocycles. The summed E-state index contributed by atoms with van der Waals surface area (Å²) in [7, 11) is 0. The summed E-state index contributed by atoms with van der Waals surface area (Å²) in [5.41, 5.74) is 0. The average Bonchev–Trinajstić information content (AvgIpc) is 2.66. The SMILES string of the molecule is O[C@@H]1CCCC[C@H]1Sc1ccc2c(c1)OCCCO2. The summed E-state index contributed by atoms with van der Waals surface area (Å²) in [6.45, 7) is 1.44. The van der Waals surface area contributed by atoms with Crippen molar-refractivity contribution in [2.24, 2.45) is 0 Å². The molecule has 104 valence electrons. The fraction of sp³-hybridized carbons (Fsp3) is 0.600. The highest BCUT2D eigenvalue weighted by Gasteiger charge is 2.24. The molecule has 3 nitrogen and oxygen atoms in total. The van der Waals surface area contributed by atoms with Crippen molar-refractivity contribution in [2.45, 2.75) is 48.4 Å².